The molecule has 0 saturated heterocycles. The van der Waals surface area contributed by atoms with Crippen LogP contribution in [0.3, 0.4) is 0 Å². The van der Waals surface area contributed by atoms with E-state index in [1.54, 1.807) is 30.3 Å². The maximum atomic E-state index is 12.2. The number of anilines is 1. The van der Waals surface area contributed by atoms with Crippen LogP contribution in [-0.2, 0) is 16.4 Å². The lowest BCUT2D eigenvalue weighted by Crippen LogP contribution is -2.27. The minimum absolute atomic E-state index is 0.259. The zero-order valence-corrected chi connectivity index (χ0v) is 14.1. The van der Waals surface area contributed by atoms with Crippen molar-refractivity contribution in [3.05, 3.63) is 64.7 Å². The van der Waals surface area contributed by atoms with Crippen molar-refractivity contribution in [3.63, 3.8) is 0 Å². The molecular formula is C16H17ClN2O3S. The van der Waals surface area contributed by atoms with Crippen molar-refractivity contribution in [1.29, 1.82) is 0 Å². The molecule has 0 unspecified atom stereocenters. The molecular weight excluding hydrogens is 336 g/mol. The predicted octanol–water partition coefficient (Wildman–Crippen LogP) is 2.68. The molecule has 122 valence electrons. The van der Waals surface area contributed by atoms with Crippen molar-refractivity contribution in [3.8, 4) is 0 Å². The van der Waals surface area contributed by atoms with Crippen molar-refractivity contribution in [2.45, 2.75) is 6.42 Å². The van der Waals surface area contributed by atoms with Gasteiger partial charge in [0.05, 0.1) is 17.5 Å². The fraction of sp³-hybridized carbons (Fsp3) is 0.188. The third kappa shape index (κ3) is 5.58. The molecule has 2 N–H and O–H groups in total. The molecule has 0 aromatic heterocycles. The van der Waals surface area contributed by atoms with Crippen molar-refractivity contribution in [1.82, 2.24) is 5.32 Å². The van der Waals surface area contributed by atoms with E-state index in [9.17, 15) is 13.2 Å². The highest BCUT2D eigenvalue weighted by atomic mass is 35.5. The molecule has 0 radical (unpaired) electrons. The van der Waals surface area contributed by atoms with Crippen LogP contribution < -0.4 is 10.0 Å². The summed E-state index contributed by atoms with van der Waals surface area (Å²) in [6.07, 6.45) is 1.68. The second kappa shape index (κ2) is 7.48. The van der Waals surface area contributed by atoms with Gasteiger partial charge in [0.2, 0.25) is 10.0 Å². The summed E-state index contributed by atoms with van der Waals surface area (Å²) < 4.78 is 25.0. The molecule has 0 aliphatic carbocycles. The Hall–Kier alpha value is -2.05. The number of hydrogen-bond donors (Lipinski definition) is 2. The van der Waals surface area contributed by atoms with Crippen LogP contribution >= 0.6 is 11.6 Å². The molecule has 0 atom stereocenters. The number of carbonyl (C=O) groups is 1. The Morgan fingerprint density at radius 1 is 1.13 bits per heavy atom. The number of benzene rings is 2. The molecule has 23 heavy (non-hydrogen) atoms. The van der Waals surface area contributed by atoms with Gasteiger partial charge in [0.15, 0.2) is 0 Å². The molecule has 0 bridgehead atoms. The van der Waals surface area contributed by atoms with Gasteiger partial charge in [-0.3, -0.25) is 9.52 Å². The SMILES string of the molecule is CS(=O)(=O)Nc1ccccc1C(=O)NCCc1cccc(Cl)c1. The van der Waals surface area contributed by atoms with Crippen molar-refractivity contribution >= 4 is 33.2 Å². The third-order valence-electron chi connectivity index (χ3n) is 3.06. The molecule has 2 rings (SSSR count). The fourth-order valence-electron chi connectivity index (χ4n) is 2.08. The molecule has 7 heteroatoms. The zero-order chi connectivity index (χ0) is 16.9. The number of nitrogens with one attached hydrogen (secondary N) is 2. The highest BCUT2D eigenvalue weighted by Crippen LogP contribution is 2.16. The van der Waals surface area contributed by atoms with Crippen molar-refractivity contribution in [2.75, 3.05) is 17.5 Å². The van der Waals surface area contributed by atoms with E-state index in [1.807, 2.05) is 18.2 Å². The Morgan fingerprint density at radius 3 is 2.57 bits per heavy atom. The zero-order valence-electron chi connectivity index (χ0n) is 12.5. The molecule has 0 aliphatic heterocycles. The quantitative estimate of drug-likeness (QED) is 0.839. The number of amides is 1. The van der Waals surface area contributed by atoms with Gasteiger partial charge in [-0.25, -0.2) is 8.42 Å². The molecule has 0 spiro atoms. The van der Waals surface area contributed by atoms with Gasteiger partial charge in [-0.1, -0.05) is 35.9 Å². The van der Waals surface area contributed by atoms with Crippen LogP contribution in [0.2, 0.25) is 5.02 Å². The van der Waals surface area contributed by atoms with Gasteiger partial charge in [0.25, 0.3) is 5.91 Å². The largest absolute Gasteiger partial charge is 0.352 e. The van der Waals surface area contributed by atoms with Crippen LogP contribution in [0.4, 0.5) is 5.69 Å². The highest BCUT2D eigenvalue weighted by molar-refractivity contribution is 7.92. The first-order valence-corrected chi connectivity index (χ1v) is 9.21. The maximum Gasteiger partial charge on any atom is 0.253 e. The Balaban J connectivity index is 2.01. The van der Waals surface area contributed by atoms with Gasteiger partial charge in [0, 0.05) is 11.6 Å². The van der Waals surface area contributed by atoms with Gasteiger partial charge in [-0.2, -0.15) is 0 Å². The number of carbonyl (C=O) groups excluding carboxylic acids is 1. The molecule has 1 amide bonds. The Morgan fingerprint density at radius 2 is 1.87 bits per heavy atom. The molecule has 0 fully saturated rings. The number of rotatable bonds is 6. The van der Waals surface area contributed by atoms with Crippen LogP contribution in [0.15, 0.2) is 48.5 Å². The van der Waals surface area contributed by atoms with E-state index in [2.05, 4.69) is 10.0 Å². The van der Waals surface area contributed by atoms with Gasteiger partial charge < -0.3 is 5.32 Å². The molecule has 5 nitrogen and oxygen atoms in total. The van der Waals surface area contributed by atoms with Crippen LogP contribution in [0, 0.1) is 0 Å². The summed E-state index contributed by atoms with van der Waals surface area (Å²) in [7, 11) is -3.45. The average Bonchev–Trinajstić information content (AvgIpc) is 2.46. The number of hydrogen-bond acceptors (Lipinski definition) is 3. The van der Waals surface area contributed by atoms with Crippen LogP contribution in [0.1, 0.15) is 15.9 Å². The number of sulfonamides is 1. The van der Waals surface area contributed by atoms with E-state index in [0.717, 1.165) is 11.8 Å². The standard InChI is InChI=1S/C16H17ClN2O3S/c1-23(21,22)19-15-8-3-2-7-14(15)16(20)18-10-9-12-5-4-6-13(17)11-12/h2-8,11,19H,9-10H2,1H3,(H,18,20). The van der Waals surface area contributed by atoms with E-state index in [0.29, 0.717) is 18.0 Å². The number of halogens is 1. The van der Waals surface area contributed by atoms with Crippen LogP contribution in [0.25, 0.3) is 0 Å². The second-order valence-corrected chi connectivity index (χ2v) is 7.24. The van der Waals surface area contributed by atoms with Gasteiger partial charge in [-0.05, 0) is 36.2 Å². The van der Waals surface area contributed by atoms with Gasteiger partial charge in [-0.15, -0.1) is 0 Å². The summed E-state index contributed by atoms with van der Waals surface area (Å²) in [6, 6.07) is 13.9. The summed E-state index contributed by atoms with van der Waals surface area (Å²) in [6.45, 7) is 0.423. The number of para-hydroxylation sites is 1. The first-order chi connectivity index (χ1) is 10.8. The summed E-state index contributed by atoms with van der Waals surface area (Å²) in [5.41, 5.74) is 1.56. The van der Waals surface area contributed by atoms with Gasteiger partial charge >= 0.3 is 0 Å². The van der Waals surface area contributed by atoms with Crippen LogP contribution in [-0.4, -0.2) is 27.1 Å². The Labute approximate surface area is 140 Å². The topological polar surface area (TPSA) is 75.3 Å². The van der Waals surface area contributed by atoms with E-state index in [-0.39, 0.29) is 17.2 Å². The summed E-state index contributed by atoms with van der Waals surface area (Å²) in [5, 5.41) is 3.43. The lowest BCUT2D eigenvalue weighted by atomic mass is 10.1. The highest BCUT2D eigenvalue weighted by Gasteiger charge is 2.13. The summed E-state index contributed by atoms with van der Waals surface area (Å²) in [4.78, 5) is 12.2. The molecule has 0 aliphatic rings. The normalized spacial score (nSPS) is 11.0. The molecule has 2 aromatic carbocycles. The van der Waals surface area contributed by atoms with E-state index >= 15 is 0 Å². The lowest BCUT2D eigenvalue weighted by Gasteiger charge is -2.11. The average molecular weight is 353 g/mol. The first kappa shape index (κ1) is 17.3. The van der Waals surface area contributed by atoms with Crippen molar-refractivity contribution < 1.29 is 13.2 Å². The Kier molecular flexibility index (Phi) is 5.63. The van der Waals surface area contributed by atoms with Gasteiger partial charge in [0.1, 0.15) is 0 Å². The molecule has 0 heterocycles. The van der Waals surface area contributed by atoms with E-state index < -0.39 is 10.0 Å². The monoisotopic (exact) mass is 352 g/mol. The Bertz CT molecular complexity index is 806. The first-order valence-electron chi connectivity index (χ1n) is 6.94. The summed E-state index contributed by atoms with van der Waals surface area (Å²) in [5.74, 6) is -0.334. The minimum Gasteiger partial charge on any atom is -0.352 e. The van der Waals surface area contributed by atoms with Crippen molar-refractivity contribution in [2.24, 2.45) is 0 Å². The third-order valence-corrected chi connectivity index (χ3v) is 3.88. The lowest BCUT2D eigenvalue weighted by molar-refractivity contribution is 0.0955. The smallest absolute Gasteiger partial charge is 0.253 e. The maximum absolute atomic E-state index is 12.2. The van der Waals surface area contributed by atoms with E-state index in [1.165, 1.54) is 0 Å². The minimum atomic E-state index is -3.45. The van der Waals surface area contributed by atoms with E-state index in [4.69, 9.17) is 11.6 Å². The molecule has 0 saturated carbocycles. The summed E-state index contributed by atoms with van der Waals surface area (Å²) >= 11 is 5.91. The second-order valence-electron chi connectivity index (χ2n) is 5.06. The predicted molar refractivity (Wildman–Crippen MR) is 92.4 cm³/mol. The molecule has 2 aromatic rings. The van der Waals surface area contributed by atoms with Crippen LogP contribution in [0.5, 0.6) is 0 Å². The fourth-order valence-corrected chi connectivity index (χ4v) is 2.87.